The Bertz CT molecular complexity index is 801. The number of urea groups is 1. The van der Waals surface area contributed by atoms with Gasteiger partial charge in [-0.3, -0.25) is 10.1 Å². The minimum absolute atomic E-state index is 0.282. The summed E-state index contributed by atoms with van der Waals surface area (Å²) in [7, 11) is 1.56. The van der Waals surface area contributed by atoms with Crippen LogP contribution >= 0.6 is 0 Å². The van der Waals surface area contributed by atoms with Crippen molar-refractivity contribution in [3.63, 3.8) is 0 Å². The van der Waals surface area contributed by atoms with E-state index in [2.05, 4.69) is 10.6 Å². The first kappa shape index (κ1) is 19.7. The number of nitrogens with one attached hydrogen (secondary N) is 2. The highest BCUT2D eigenvalue weighted by Crippen LogP contribution is 2.12. The Labute approximate surface area is 157 Å². The van der Waals surface area contributed by atoms with Gasteiger partial charge in [0.15, 0.2) is 6.61 Å². The summed E-state index contributed by atoms with van der Waals surface area (Å²) in [5.74, 6) is -0.700. The molecule has 0 fully saturated rings. The van der Waals surface area contributed by atoms with Gasteiger partial charge in [0.2, 0.25) is 0 Å². The van der Waals surface area contributed by atoms with Crippen molar-refractivity contribution in [1.29, 1.82) is 0 Å². The van der Waals surface area contributed by atoms with Crippen LogP contribution in [-0.2, 0) is 20.9 Å². The smallest absolute Gasteiger partial charge is 0.331 e. The summed E-state index contributed by atoms with van der Waals surface area (Å²) in [6, 6.07) is 15.6. The lowest BCUT2D eigenvalue weighted by molar-refractivity contribution is -0.143. The first-order valence-corrected chi connectivity index (χ1v) is 8.17. The number of imide groups is 1. The van der Waals surface area contributed by atoms with E-state index >= 15 is 0 Å². The number of methoxy groups -OCH3 is 1. The molecule has 0 saturated heterocycles. The zero-order chi connectivity index (χ0) is 19.5. The Morgan fingerprint density at radius 2 is 1.70 bits per heavy atom. The molecule has 0 radical (unpaired) electrons. The number of hydrogen-bond donors (Lipinski definition) is 2. The molecule has 0 atom stereocenters. The summed E-state index contributed by atoms with van der Waals surface area (Å²) in [5, 5.41) is 4.63. The lowest BCUT2D eigenvalue weighted by Gasteiger charge is -2.07. The average Bonchev–Trinajstić information content (AvgIpc) is 2.70. The first-order valence-electron chi connectivity index (χ1n) is 8.17. The summed E-state index contributed by atoms with van der Waals surface area (Å²) >= 11 is 0. The molecule has 7 nitrogen and oxygen atoms in total. The fraction of sp³-hybridized carbons (Fsp3) is 0.150. The molecule has 7 heteroatoms. The summed E-state index contributed by atoms with van der Waals surface area (Å²) in [4.78, 5) is 34.9. The van der Waals surface area contributed by atoms with Crippen LogP contribution in [0.2, 0.25) is 0 Å². The second-order valence-electron chi connectivity index (χ2n) is 5.43. The average molecular weight is 368 g/mol. The van der Waals surface area contributed by atoms with Crippen LogP contribution in [0.15, 0.2) is 60.7 Å². The SMILES string of the molecule is COc1ccc(/C=C/C(=O)OCC(=O)NC(=O)NCc2ccccc2)cc1. The van der Waals surface area contributed by atoms with Crippen molar-refractivity contribution >= 4 is 24.0 Å². The largest absolute Gasteiger partial charge is 0.497 e. The quantitative estimate of drug-likeness (QED) is 0.578. The highest BCUT2D eigenvalue weighted by atomic mass is 16.5. The van der Waals surface area contributed by atoms with Gasteiger partial charge in [0.25, 0.3) is 5.91 Å². The van der Waals surface area contributed by atoms with Gasteiger partial charge >= 0.3 is 12.0 Å². The number of amides is 3. The van der Waals surface area contributed by atoms with Crippen molar-refractivity contribution in [2.24, 2.45) is 0 Å². The van der Waals surface area contributed by atoms with E-state index in [1.807, 2.05) is 30.3 Å². The van der Waals surface area contributed by atoms with E-state index in [0.717, 1.165) is 11.1 Å². The van der Waals surface area contributed by atoms with Crippen LogP contribution in [0.4, 0.5) is 4.79 Å². The number of ether oxygens (including phenoxy) is 2. The van der Waals surface area contributed by atoms with Crippen molar-refractivity contribution in [2.45, 2.75) is 6.54 Å². The summed E-state index contributed by atoms with van der Waals surface area (Å²) in [6.45, 7) is -0.269. The van der Waals surface area contributed by atoms with Crippen molar-refractivity contribution < 1.29 is 23.9 Å². The summed E-state index contributed by atoms with van der Waals surface area (Å²) in [6.07, 6.45) is 2.75. The van der Waals surface area contributed by atoms with Crippen molar-refractivity contribution in [2.75, 3.05) is 13.7 Å². The molecular weight excluding hydrogens is 348 g/mol. The van der Waals surface area contributed by atoms with Gasteiger partial charge in [-0.1, -0.05) is 42.5 Å². The minimum Gasteiger partial charge on any atom is -0.497 e. The molecule has 0 aromatic heterocycles. The van der Waals surface area contributed by atoms with Crippen molar-refractivity contribution in [3.05, 3.63) is 71.8 Å². The van der Waals surface area contributed by atoms with E-state index in [9.17, 15) is 14.4 Å². The highest BCUT2D eigenvalue weighted by molar-refractivity contribution is 5.96. The predicted octanol–water partition coefficient (Wildman–Crippen LogP) is 2.28. The van der Waals surface area contributed by atoms with Gasteiger partial charge in [0.1, 0.15) is 5.75 Å². The maximum absolute atomic E-state index is 11.6. The third-order valence-electron chi connectivity index (χ3n) is 3.42. The number of benzene rings is 2. The van der Waals surface area contributed by atoms with E-state index in [4.69, 9.17) is 9.47 Å². The molecule has 0 aliphatic heterocycles. The number of carbonyl (C=O) groups excluding carboxylic acids is 3. The van der Waals surface area contributed by atoms with E-state index in [1.165, 1.54) is 6.08 Å². The number of hydrogen-bond acceptors (Lipinski definition) is 5. The molecule has 0 aliphatic carbocycles. The molecule has 0 aliphatic rings. The number of carbonyl (C=O) groups is 3. The molecule has 0 heterocycles. The van der Waals surface area contributed by atoms with E-state index in [-0.39, 0.29) is 6.54 Å². The monoisotopic (exact) mass is 368 g/mol. The van der Waals surface area contributed by atoms with Crippen LogP contribution in [0, 0.1) is 0 Å². The zero-order valence-electron chi connectivity index (χ0n) is 14.8. The van der Waals surface area contributed by atoms with Crippen LogP contribution in [0.1, 0.15) is 11.1 Å². The normalized spacial score (nSPS) is 10.3. The van der Waals surface area contributed by atoms with Gasteiger partial charge in [0.05, 0.1) is 7.11 Å². The Morgan fingerprint density at radius 3 is 2.37 bits per heavy atom. The minimum atomic E-state index is -0.716. The molecule has 27 heavy (non-hydrogen) atoms. The van der Waals surface area contributed by atoms with Gasteiger partial charge in [-0.2, -0.15) is 0 Å². The third-order valence-corrected chi connectivity index (χ3v) is 3.42. The standard InChI is InChI=1S/C20H20N2O5/c1-26-17-10-7-15(8-11-17)9-12-19(24)27-14-18(23)22-20(25)21-13-16-5-3-2-4-6-16/h2-12H,13-14H2,1H3,(H2,21,22,23,25)/b12-9+. The lowest BCUT2D eigenvalue weighted by atomic mass is 10.2. The van der Waals surface area contributed by atoms with Gasteiger partial charge in [-0.05, 0) is 29.3 Å². The van der Waals surface area contributed by atoms with Crippen LogP contribution in [-0.4, -0.2) is 31.6 Å². The fourth-order valence-corrected chi connectivity index (χ4v) is 2.05. The predicted molar refractivity (Wildman–Crippen MR) is 99.8 cm³/mol. The van der Waals surface area contributed by atoms with Gasteiger partial charge in [0, 0.05) is 12.6 Å². The maximum atomic E-state index is 11.6. The maximum Gasteiger partial charge on any atom is 0.331 e. The molecule has 0 spiro atoms. The van der Waals surface area contributed by atoms with Crippen LogP contribution in [0.3, 0.4) is 0 Å². The molecule has 2 rings (SSSR count). The van der Waals surface area contributed by atoms with Gasteiger partial charge in [-0.25, -0.2) is 9.59 Å². The third kappa shape index (κ3) is 7.43. The molecule has 0 bridgehead atoms. The number of esters is 1. The number of rotatable bonds is 7. The molecule has 0 saturated carbocycles. The molecule has 2 aromatic carbocycles. The molecule has 2 aromatic rings. The second kappa shape index (κ2) is 10.4. The van der Waals surface area contributed by atoms with Gasteiger partial charge < -0.3 is 14.8 Å². The Balaban J connectivity index is 1.68. The van der Waals surface area contributed by atoms with E-state index in [1.54, 1.807) is 37.5 Å². The Kier molecular flexibility index (Phi) is 7.59. The lowest BCUT2D eigenvalue weighted by Crippen LogP contribution is -2.41. The van der Waals surface area contributed by atoms with Crippen LogP contribution in [0.25, 0.3) is 6.08 Å². The summed E-state index contributed by atoms with van der Waals surface area (Å²) < 4.78 is 9.83. The van der Waals surface area contributed by atoms with Crippen molar-refractivity contribution in [1.82, 2.24) is 10.6 Å². The van der Waals surface area contributed by atoms with Gasteiger partial charge in [-0.15, -0.1) is 0 Å². The molecule has 0 unspecified atom stereocenters. The molecule has 2 N–H and O–H groups in total. The fourth-order valence-electron chi connectivity index (χ4n) is 2.05. The van der Waals surface area contributed by atoms with Crippen LogP contribution in [0.5, 0.6) is 5.75 Å². The Hall–Kier alpha value is -3.61. The zero-order valence-corrected chi connectivity index (χ0v) is 14.8. The molecular formula is C20H20N2O5. The van der Waals surface area contributed by atoms with E-state index in [0.29, 0.717) is 5.75 Å². The van der Waals surface area contributed by atoms with Crippen molar-refractivity contribution in [3.8, 4) is 5.75 Å². The first-order chi connectivity index (χ1) is 13.1. The Morgan fingerprint density at radius 1 is 1.00 bits per heavy atom. The van der Waals surface area contributed by atoms with E-state index < -0.39 is 24.5 Å². The second-order valence-corrected chi connectivity index (χ2v) is 5.43. The summed E-state index contributed by atoms with van der Waals surface area (Å²) in [5.41, 5.74) is 1.67. The molecule has 140 valence electrons. The van der Waals surface area contributed by atoms with Crippen LogP contribution < -0.4 is 15.4 Å². The molecule has 3 amide bonds. The topological polar surface area (TPSA) is 93.7 Å². The highest BCUT2D eigenvalue weighted by Gasteiger charge is 2.09.